The lowest BCUT2D eigenvalue weighted by atomic mass is 10.1. The maximum Gasteiger partial charge on any atom is 0.186 e. The van der Waals surface area contributed by atoms with Crippen molar-refractivity contribution in [2.75, 3.05) is 13.7 Å². The highest BCUT2D eigenvalue weighted by Crippen LogP contribution is 2.46. The van der Waals surface area contributed by atoms with Gasteiger partial charge in [0.1, 0.15) is 15.4 Å². The van der Waals surface area contributed by atoms with Crippen LogP contribution in [-0.2, 0) is 18.9 Å². The SMILES string of the molecule is COC1OCC(Br)(Br)C2OC(C)(C)OC12. The smallest absolute Gasteiger partial charge is 0.186 e. The summed E-state index contributed by atoms with van der Waals surface area (Å²) in [5.74, 6) is -0.605. The van der Waals surface area contributed by atoms with E-state index in [0.717, 1.165) is 0 Å². The molecular formula is C9H14Br2O4. The first-order chi connectivity index (χ1) is 6.86. The summed E-state index contributed by atoms with van der Waals surface area (Å²) < 4.78 is 21.9. The maximum absolute atomic E-state index is 5.82. The van der Waals surface area contributed by atoms with E-state index >= 15 is 0 Å². The molecule has 15 heavy (non-hydrogen) atoms. The van der Waals surface area contributed by atoms with Crippen molar-refractivity contribution in [3.8, 4) is 0 Å². The van der Waals surface area contributed by atoms with Gasteiger partial charge in [-0.05, 0) is 13.8 Å². The second-order valence-electron chi connectivity index (χ2n) is 4.20. The number of rotatable bonds is 1. The summed E-state index contributed by atoms with van der Waals surface area (Å²) in [5, 5.41) is 0. The standard InChI is InChI=1S/C9H14Br2O4/c1-8(2)14-5-6(15-8)9(10,11)4-13-7(5)12-3/h5-7H,4H2,1-3H3. The normalized spacial score (nSPS) is 42.6. The third-order valence-corrected chi connectivity index (χ3v) is 3.85. The molecule has 2 heterocycles. The average molecular weight is 346 g/mol. The van der Waals surface area contributed by atoms with Gasteiger partial charge in [-0.15, -0.1) is 0 Å². The fraction of sp³-hybridized carbons (Fsp3) is 1.00. The van der Waals surface area contributed by atoms with Gasteiger partial charge in [-0.2, -0.15) is 0 Å². The average Bonchev–Trinajstić information content (AvgIpc) is 2.43. The van der Waals surface area contributed by atoms with Crippen molar-refractivity contribution in [2.45, 2.75) is 41.4 Å². The molecule has 2 fully saturated rings. The molecule has 2 saturated heterocycles. The molecular weight excluding hydrogens is 332 g/mol. The van der Waals surface area contributed by atoms with Crippen molar-refractivity contribution in [1.82, 2.24) is 0 Å². The fourth-order valence-corrected chi connectivity index (χ4v) is 2.86. The van der Waals surface area contributed by atoms with Crippen LogP contribution < -0.4 is 0 Å². The van der Waals surface area contributed by atoms with Gasteiger partial charge >= 0.3 is 0 Å². The predicted molar refractivity (Wildman–Crippen MR) is 61.2 cm³/mol. The Morgan fingerprint density at radius 3 is 2.53 bits per heavy atom. The quantitative estimate of drug-likeness (QED) is 0.681. The zero-order valence-electron chi connectivity index (χ0n) is 8.83. The molecule has 0 spiro atoms. The number of hydrogen-bond acceptors (Lipinski definition) is 4. The second-order valence-corrected chi connectivity index (χ2v) is 8.09. The van der Waals surface area contributed by atoms with Crippen LogP contribution >= 0.6 is 31.9 Å². The van der Waals surface area contributed by atoms with E-state index in [2.05, 4.69) is 31.9 Å². The Morgan fingerprint density at radius 1 is 1.27 bits per heavy atom. The zero-order valence-corrected chi connectivity index (χ0v) is 12.0. The summed E-state index contributed by atoms with van der Waals surface area (Å²) in [5.41, 5.74) is 0. The number of methoxy groups -OCH3 is 1. The minimum Gasteiger partial charge on any atom is -0.353 e. The molecule has 2 aliphatic rings. The van der Waals surface area contributed by atoms with Crippen molar-refractivity contribution in [2.24, 2.45) is 0 Å². The molecule has 6 heteroatoms. The van der Waals surface area contributed by atoms with Crippen LogP contribution in [0.25, 0.3) is 0 Å². The van der Waals surface area contributed by atoms with Gasteiger partial charge in [0.2, 0.25) is 0 Å². The van der Waals surface area contributed by atoms with Gasteiger partial charge in [-0.25, -0.2) is 0 Å². The molecule has 0 aromatic carbocycles. The summed E-state index contributed by atoms with van der Waals surface area (Å²) in [6, 6.07) is 0. The van der Waals surface area contributed by atoms with Crippen LogP contribution in [0.2, 0.25) is 0 Å². The first-order valence-electron chi connectivity index (χ1n) is 4.73. The molecule has 2 rings (SSSR count). The molecule has 0 radical (unpaired) electrons. The van der Waals surface area contributed by atoms with E-state index in [1.807, 2.05) is 13.8 Å². The summed E-state index contributed by atoms with van der Waals surface area (Å²) in [7, 11) is 1.60. The number of halogens is 2. The van der Waals surface area contributed by atoms with E-state index in [4.69, 9.17) is 18.9 Å². The van der Waals surface area contributed by atoms with Crippen molar-refractivity contribution < 1.29 is 18.9 Å². The van der Waals surface area contributed by atoms with Gasteiger partial charge < -0.3 is 18.9 Å². The lowest BCUT2D eigenvalue weighted by Crippen LogP contribution is -2.54. The first kappa shape index (κ1) is 12.3. The Hall–Kier alpha value is 0.800. The highest BCUT2D eigenvalue weighted by Gasteiger charge is 2.57. The fourth-order valence-electron chi connectivity index (χ4n) is 1.89. The molecule has 0 aromatic heterocycles. The second kappa shape index (κ2) is 3.92. The lowest BCUT2D eigenvalue weighted by Gasteiger charge is -2.38. The topological polar surface area (TPSA) is 36.9 Å². The molecule has 3 unspecified atom stereocenters. The maximum atomic E-state index is 5.82. The van der Waals surface area contributed by atoms with E-state index in [1.165, 1.54) is 0 Å². The summed E-state index contributed by atoms with van der Waals surface area (Å²) in [6.45, 7) is 4.23. The van der Waals surface area contributed by atoms with E-state index in [9.17, 15) is 0 Å². The van der Waals surface area contributed by atoms with Crippen LogP contribution in [-0.4, -0.2) is 41.2 Å². The first-order valence-corrected chi connectivity index (χ1v) is 6.32. The van der Waals surface area contributed by atoms with Crippen molar-refractivity contribution in [1.29, 1.82) is 0 Å². The molecule has 0 bridgehead atoms. The Labute approximate surface area is 106 Å². The van der Waals surface area contributed by atoms with Crippen LogP contribution in [0, 0.1) is 0 Å². The van der Waals surface area contributed by atoms with Crippen molar-refractivity contribution in [3.05, 3.63) is 0 Å². The minimum atomic E-state index is -0.605. The highest BCUT2D eigenvalue weighted by atomic mass is 79.9. The van der Waals surface area contributed by atoms with Crippen LogP contribution in [0.3, 0.4) is 0 Å². The number of hydrogen-bond donors (Lipinski definition) is 0. The van der Waals surface area contributed by atoms with E-state index in [-0.39, 0.29) is 18.5 Å². The molecule has 0 amide bonds. The van der Waals surface area contributed by atoms with E-state index < -0.39 is 9.02 Å². The Balaban J connectivity index is 2.22. The van der Waals surface area contributed by atoms with E-state index in [1.54, 1.807) is 7.11 Å². The molecule has 4 nitrogen and oxygen atoms in total. The lowest BCUT2D eigenvalue weighted by molar-refractivity contribution is -0.219. The molecule has 0 aromatic rings. The van der Waals surface area contributed by atoms with Gasteiger partial charge in [-0.3, -0.25) is 0 Å². The third-order valence-electron chi connectivity index (χ3n) is 2.49. The van der Waals surface area contributed by atoms with Crippen LogP contribution in [0.1, 0.15) is 13.8 Å². The molecule has 88 valence electrons. The summed E-state index contributed by atoms with van der Waals surface area (Å²) in [4.78, 5) is 0. The van der Waals surface area contributed by atoms with Gasteiger partial charge in [0.25, 0.3) is 0 Å². The third kappa shape index (κ3) is 2.25. The van der Waals surface area contributed by atoms with E-state index in [0.29, 0.717) is 6.61 Å². The molecule has 2 aliphatic heterocycles. The van der Waals surface area contributed by atoms with Gasteiger partial charge in [-0.1, -0.05) is 31.9 Å². The number of alkyl halides is 2. The Kier molecular flexibility index (Phi) is 3.21. The molecule has 0 saturated carbocycles. The summed E-state index contributed by atoms with van der Waals surface area (Å²) >= 11 is 7.08. The van der Waals surface area contributed by atoms with Gasteiger partial charge in [0.05, 0.1) is 6.61 Å². The summed E-state index contributed by atoms with van der Waals surface area (Å²) in [6.07, 6.45) is -0.733. The van der Waals surface area contributed by atoms with Crippen molar-refractivity contribution >= 4 is 31.9 Å². The Bertz CT molecular complexity index is 256. The van der Waals surface area contributed by atoms with Crippen molar-refractivity contribution in [3.63, 3.8) is 0 Å². The monoisotopic (exact) mass is 344 g/mol. The number of ether oxygens (including phenoxy) is 4. The van der Waals surface area contributed by atoms with Gasteiger partial charge in [0, 0.05) is 7.11 Å². The van der Waals surface area contributed by atoms with Gasteiger partial charge in [0.15, 0.2) is 12.1 Å². The Morgan fingerprint density at radius 2 is 1.93 bits per heavy atom. The predicted octanol–water partition coefficient (Wildman–Crippen LogP) is 2.00. The zero-order chi connectivity index (χ0) is 11.3. The minimum absolute atomic E-state index is 0.133. The van der Waals surface area contributed by atoms with Crippen LogP contribution in [0.4, 0.5) is 0 Å². The highest BCUT2D eigenvalue weighted by molar-refractivity contribution is 9.25. The largest absolute Gasteiger partial charge is 0.353 e. The molecule has 0 aliphatic carbocycles. The van der Waals surface area contributed by atoms with Crippen LogP contribution in [0.15, 0.2) is 0 Å². The molecule has 0 N–H and O–H groups in total. The number of fused-ring (bicyclic) bond motifs is 1. The van der Waals surface area contributed by atoms with Crippen LogP contribution in [0.5, 0.6) is 0 Å². The molecule has 3 atom stereocenters.